The Bertz CT molecular complexity index is 1140. The van der Waals surface area contributed by atoms with Crippen molar-refractivity contribution in [2.75, 3.05) is 36.4 Å². The average molecular weight is 446 g/mol. The van der Waals surface area contributed by atoms with Crippen molar-refractivity contribution < 1.29 is 18.0 Å². The van der Waals surface area contributed by atoms with E-state index >= 15 is 0 Å². The highest BCUT2D eigenvalue weighted by Gasteiger charge is 2.35. The van der Waals surface area contributed by atoms with Gasteiger partial charge in [-0.1, -0.05) is 26.8 Å². The maximum absolute atomic E-state index is 13.5. The number of nitrogens with one attached hydrogen (secondary N) is 2. The van der Waals surface area contributed by atoms with Crippen molar-refractivity contribution in [1.82, 2.24) is 19.9 Å². The minimum absolute atomic E-state index is 0.290. The molecule has 1 saturated heterocycles. The minimum atomic E-state index is -4.60. The first kappa shape index (κ1) is 22.1. The molecule has 0 bridgehead atoms. The Morgan fingerprint density at radius 1 is 1.09 bits per heavy atom. The zero-order valence-electron chi connectivity index (χ0n) is 18.1. The van der Waals surface area contributed by atoms with Gasteiger partial charge >= 0.3 is 6.18 Å². The number of nitrogens with zero attached hydrogens (tertiary/aromatic N) is 4. The summed E-state index contributed by atoms with van der Waals surface area (Å²) in [5.41, 5.74) is -0.527. The number of aromatic nitrogens is 3. The molecular weight excluding hydrogens is 421 g/mol. The van der Waals surface area contributed by atoms with Crippen molar-refractivity contribution in [1.29, 1.82) is 0 Å². The third-order valence-corrected chi connectivity index (χ3v) is 5.30. The van der Waals surface area contributed by atoms with Crippen LogP contribution in [0.5, 0.6) is 0 Å². The molecular formula is C22H25F3N6O. The van der Waals surface area contributed by atoms with E-state index < -0.39 is 23.1 Å². The zero-order chi connectivity index (χ0) is 23.1. The molecule has 0 atom stereocenters. The molecule has 0 radical (unpaired) electrons. The van der Waals surface area contributed by atoms with Crippen molar-refractivity contribution >= 4 is 23.1 Å². The van der Waals surface area contributed by atoms with Crippen LogP contribution in [0.4, 0.5) is 24.7 Å². The molecule has 10 heteroatoms. The summed E-state index contributed by atoms with van der Waals surface area (Å²) >= 11 is 0. The number of anilines is 2. The summed E-state index contributed by atoms with van der Waals surface area (Å²) in [6.45, 7) is 8.37. The van der Waals surface area contributed by atoms with Crippen LogP contribution >= 0.6 is 0 Å². The fourth-order valence-electron chi connectivity index (χ4n) is 3.44. The van der Waals surface area contributed by atoms with Crippen LogP contribution in [-0.2, 0) is 11.0 Å². The molecule has 2 N–H and O–H groups in total. The van der Waals surface area contributed by atoms with E-state index in [0.29, 0.717) is 16.9 Å². The molecule has 0 saturated carbocycles. The summed E-state index contributed by atoms with van der Waals surface area (Å²) in [6, 6.07) is 7.36. The molecule has 0 aliphatic carbocycles. The monoisotopic (exact) mass is 446 g/mol. The Morgan fingerprint density at radius 2 is 1.81 bits per heavy atom. The van der Waals surface area contributed by atoms with Crippen LogP contribution in [-0.4, -0.2) is 46.7 Å². The minimum Gasteiger partial charge on any atom is -0.353 e. The number of amides is 1. The van der Waals surface area contributed by atoms with E-state index in [1.54, 1.807) is 31.5 Å². The van der Waals surface area contributed by atoms with Crippen LogP contribution in [0, 0.1) is 5.41 Å². The molecule has 1 aliphatic rings. The molecule has 170 valence electrons. The number of benzene rings is 1. The van der Waals surface area contributed by atoms with E-state index in [1.807, 2.05) is 12.1 Å². The van der Waals surface area contributed by atoms with E-state index in [2.05, 4.69) is 25.6 Å². The van der Waals surface area contributed by atoms with Gasteiger partial charge in [0.25, 0.3) is 0 Å². The van der Waals surface area contributed by atoms with Gasteiger partial charge in [0, 0.05) is 37.2 Å². The molecule has 0 spiro atoms. The number of hydrogen-bond acceptors (Lipinski definition) is 5. The molecule has 0 unspecified atom stereocenters. The van der Waals surface area contributed by atoms with Crippen molar-refractivity contribution in [3.63, 3.8) is 0 Å². The lowest BCUT2D eigenvalue weighted by atomic mass is 9.95. The van der Waals surface area contributed by atoms with Crippen LogP contribution in [0.25, 0.3) is 16.9 Å². The normalized spacial score (nSPS) is 15.2. The fourth-order valence-corrected chi connectivity index (χ4v) is 3.44. The Labute approximate surface area is 183 Å². The first-order valence-electron chi connectivity index (χ1n) is 10.4. The van der Waals surface area contributed by atoms with Crippen molar-refractivity contribution in [2.45, 2.75) is 26.9 Å². The number of halogens is 3. The Balaban J connectivity index is 1.70. The molecule has 1 aliphatic heterocycles. The predicted molar refractivity (Wildman–Crippen MR) is 117 cm³/mol. The van der Waals surface area contributed by atoms with Crippen LogP contribution < -0.4 is 15.5 Å². The smallest absolute Gasteiger partial charge is 0.353 e. The zero-order valence-corrected chi connectivity index (χ0v) is 18.1. The van der Waals surface area contributed by atoms with Crippen LogP contribution in [0.15, 0.2) is 36.5 Å². The third-order valence-electron chi connectivity index (χ3n) is 5.30. The summed E-state index contributed by atoms with van der Waals surface area (Å²) in [5, 5.41) is 10.3. The number of imidazole rings is 1. The van der Waals surface area contributed by atoms with E-state index in [4.69, 9.17) is 0 Å². The van der Waals surface area contributed by atoms with E-state index in [0.717, 1.165) is 38.1 Å². The fraction of sp³-hybridized carbons (Fsp3) is 0.409. The SMILES string of the molecule is CC(C)(C)C(=O)Nc1cc(-c2cn3nc(N4CCNCC4)ccc3n2)ccc1C(F)(F)F. The summed E-state index contributed by atoms with van der Waals surface area (Å²) in [5.74, 6) is 0.311. The Morgan fingerprint density at radius 3 is 2.47 bits per heavy atom. The Hall–Kier alpha value is -3.14. The second kappa shape index (κ2) is 8.09. The van der Waals surface area contributed by atoms with Crippen molar-refractivity contribution in [2.24, 2.45) is 5.41 Å². The van der Waals surface area contributed by atoms with Gasteiger partial charge in [-0.15, -0.1) is 5.10 Å². The topological polar surface area (TPSA) is 74.6 Å². The van der Waals surface area contributed by atoms with Gasteiger partial charge in [0.15, 0.2) is 5.65 Å². The molecule has 1 fully saturated rings. The number of alkyl halides is 3. The van der Waals surface area contributed by atoms with Gasteiger partial charge in [-0.2, -0.15) is 13.2 Å². The quantitative estimate of drug-likeness (QED) is 0.640. The lowest BCUT2D eigenvalue weighted by Gasteiger charge is -2.28. The largest absolute Gasteiger partial charge is 0.418 e. The van der Waals surface area contributed by atoms with Gasteiger partial charge in [-0.3, -0.25) is 4.79 Å². The molecule has 7 nitrogen and oxygen atoms in total. The first-order chi connectivity index (χ1) is 15.0. The lowest BCUT2D eigenvalue weighted by molar-refractivity contribution is -0.137. The van der Waals surface area contributed by atoms with Crippen LogP contribution in [0.1, 0.15) is 26.3 Å². The molecule has 32 heavy (non-hydrogen) atoms. The number of piperazine rings is 1. The number of hydrogen-bond donors (Lipinski definition) is 2. The molecule has 1 amide bonds. The number of fused-ring (bicyclic) bond motifs is 1. The van der Waals surface area contributed by atoms with Gasteiger partial charge < -0.3 is 15.5 Å². The van der Waals surface area contributed by atoms with Gasteiger partial charge in [0.1, 0.15) is 5.82 Å². The summed E-state index contributed by atoms with van der Waals surface area (Å²) in [4.78, 5) is 19.0. The molecule has 4 rings (SSSR count). The molecule has 2 aromatic heterocycles. The second-order valence-corrected chi connectivity index (χ2v) is 8.82. The van der Waals surface area contributed by atoms with Crippen molar-refractivity contribution in [3.05, 3.63) is 42.1 Å². The van der Waals surface area contributed by atoms with E-state index in [1.165, 1.54) is 12.1 Å². The molecule has 1 aromatic carbocycles. The van der Waals surface area contributed by atoms with Gasteiger partial charge in [0.05, 0.1) is 23.1 Å². The van der Waals surface area contributed by atoms with E-state index in [9.17, 15) is 18.0 Å². The van der Waals surface area contributed by atoms with Crippen LogP contribution in [0.2, 0.25) is 0 Å². The standard InChI is InChI=1S/C22H25F3N6O/c1-21(2,3)20(32)28-16-12-14(4-5-15(16)22(23,24)25)17-13-31-18(27-17)6-7-19(29-31)30-10-8-26-9-11-30/h4-7,12-13,26H,8-11H2,1-3H3,(H,28,32). The Kier molecular flexibility index (Phi) is 5.58. The van der Waals surface area contributed by atoms with Gasteiger partial charge in [-0.25, -0.2) is 9.50 Å². The molecule has 3 heterocycles. The van der Waals surface area contributed by atoms with Crippen molar-refractivity contribution in [3.8, 4) is 11.3 Å². The highest BCUT2D eigenvalue weighted by molar-refractivity contribution is 5.96. The average Bonchev–Trinajstić information content (AvgIpc) is 3.16. The lowest BCUT2D eigenvalue weighted by Crippen LogP contribution is -2.44. The summed E-state index contributed by atoms with van der Waals surface area (Å²) in [7, 11) is 0. The third kappa shape index (κ3) is 4.55. The van der Waals surface area contributed by atoms with Crippen LogP contribution in [0.3, 0.4) is 0 Å². The maximum atomic E-state index is 13.5. The van der Waals surface area contributed by atoms with Gasteiger partial charge in [-0.05, 0) is 24.3 Å². The first-order valence-corrected chi connectivity index (χ1v) is 10.4. The van der Waals surface area contributed by atoms with E-state index in [-0.39, 0.29) is 5.69 Å². The summed E-state index contributed by atoms with van der Waals surface area (Å²) < 4.78 is 42.2. The second-order valence-electron chi connectivity index (χ2n) is 8.82. The number of carbonyl (C=O) groups excluding carboxylic acids is 1. The maximum Gasteiger partial charge on any atom is 0.418 e. The number of rotatable bonds is 3. The highest BCUT2D eigenvalue weighted by atomic mass is 19.4. The molecule has 3 aromatic rings. The van der Waals surface area contributed by atoms with Gasteiger partial charge in [0.2, 0.25) is 5.91 Å². The summed E-state index contributed by atoms with van der Waals surface area (Å²) in [6.07, 6.45) is -2.92. The predicted octanol–water partition coefficient (Wildman–Crippen LogP) is 3.81. The number of carbonyl (C=O) groups is 1. The highest BCUT2D eigenvalue weighted by Crippen LogP contribution is 2.37.